The van der Waals surface area contributed by atoms with E-state index in [0.717, 1.165) is 20.9 Å². The van der Waals surface area contributed by atoms with Crippen molar-refractivity contribution in [2.45, 2.75) is 0 Å². The lowest BCUT2D eigenvalue weighted by Crippen LogP contribution is -1.89. The molecule has 1 heterocycles. The van der Waals surface area contributed by atoms with Crippen LogP contribution in [-0.4, -0.2) is 9.78 Å². The molecule has 0 spiro atoms. The van der Waals surface area contributed by atoms with Gasteiger partial charge in [-0.3, -0.25) is 9.78 Å². The summed E-state index contributed by atoms with van der Waals surface area (Å²) in [4.78, 5) is 0. The van der Waals surface area contributed by atoms with Crippen LogP contribution in [0.25, 0.3) is 11.3 Å². The molecule has 1 aromatic carbocycles. The van der Waals surface area contributed by atoms with E-state index in [-0.39, 0.29) is 0 Å². The molecule has 2 aromatic rings. The number of aromatic amines is 1. The second-order valence-corrected chi connectivity index (χ2v) is 3.93. The summed E-state index contributed by atoms with van der Waals surface area (Å²) in [6.45, 7) is 0. The van der Waals surface area contributed by atoms with Crippen molar-refractivity contribution in [2.24, 2.45) is 7.05 Å². The zero-order chi connectivity index (χ0) is 10.1. The SMILES string of the molecule is Cn1[nH]c(-c2ccc(Cl)cc2)cc1=S. The average molecular weight is 225 g/mol. The first-order chi connectivity index (χ1) is 6.66. The minimum absolute atomic E-state index is 0.739. The van der Waals surface area contributed by atoms with Crippen molar-refractivity contribution in [1.29, 1.82) is 0 Å². The van der Waals surface area contributed by atoms with Crippen LogP contribution in [0.4, 0.5) is 0 Å². The number of aromatic nitrogens is 2. The van der Waals surface area contributed by atoms with E-state index >= 15 is 0 Å². The molecule has 72 valence electrons. The van der Waals surface area contributed by atoms with E-state index in [1.54, 1.807) is 4.68 Å². The van der Waals surface area contributed by atoms with E-state index in [1.807, 2.05) is 37.4 Å². The Morgan fingerprint density at radius 2 is 1.93 bits per heavy atom. The summed E-state index contributed by atoms with van der Waals surface area (Å²) in [5, 5.41) is 3.89. The Hall–Kier alpha value is -1.06. The van der Waals surface area contributed by atoms with Crippen molar-refractivity contribution in [3.8, 4) is 11.3 Å². The monoisotopic (exact) mass is 224 g/mol. The molecule has 0 saturated heterocycles. The molecule has 0 aliphatic carbocycles. The normalized spacial score (nSPS) is 10.4. The zero-order valence-electron chi connectivity index (χ0n) is 7.62. The summed E-state index contributed by atoms with van der Waals surface area (Å²) in [6.07, 6.45) is 0. The van der Waals surface area contributed by atoms with Crippen LogP contribution in [0, 0.1) is 4.64 Å². The van der Waals surface area contributed by atoms with Gasteiger partial charge >= 0.3 is 0 Å². The number of hydrogen-bond donors (Lipinski definition) is 1. The van der Waals surface area contributed by atoms with Gasteiger partial charge in [0.15, 0.2) is 0 Å². The number of nitrogens with zero attached hydrogens (tertiary/aromatic N) is 1. The lowest BCUT2D eigenvalue weighted by atomic mass is 10.2. The molecule has 14 heavy (non-hydrogen) atoms. The standard InChI is InChI=1S/C10H9ClN2S/c1-13-10(14)6-9(12-13)7-2-4-8(11)5-3-7/h2-6,12H,1H3. The van der Waals surface area contributed by atoms with Gasteiger partial charge in [0, 0.05) is 12.1 Å². The zero-order valence-corrected chi connectivity index (χ0v) is 9.19. The Morgan fingerprint density at radius 3 is 2.43 bits per heavy atom. The van der Waals surface area contributed by atoms with Gasteiger partial charge < -0.3 is 0 Å². The van der Waals surface area contributed by atoms with Crippen molar-refractivity contribution in [3.05, 3.63) is 40.0 Å². The van der Waals surface area contributed by atoms with Gasteiger partial charge in [-0.1, -0.05) is 36.0 Å². The number of halogens is 1. The molecule has 0 fully saturated rings. The van der Waals surface area contributed by atoms with E-state index in [9.17, 15) is 0 Å². The molecule has 0 aliphatic rings. The summed E-state index contributed by atoms with van der Waals surface area (Å²) in [5.74, 6) is 0. The van der Waals surface area contributed by atoms with Crippen LogP contribution in [0.5, 0.6) is 0 Å². The van der Waals surface area contributed by atoms with Crippen LogP contribution < -0.4 is 0 Å². The summed E-state index contributed by atoms with van der Waals surface area (Å²) in [5.41, 5.74) is 2.09. The van der Waals surface area contributed by atoms with Gasteiger partial charge in [-0.05, 0) is 23.8 Å². The van der Waals surface area contributed by atoms with Crippen LogP contribution in [0.2, 0.25) is 5.02 Å². The number of rotatable bonds is 1. The van der Waals surface area contributed by atoms with Gasteiger partial charge in [0.2, 0.25) is 0 Å². The minimum Gasteiger partial charge on any atom is -0.297 e. The Bertz CT molecular complexity index is 496. The predicted octanol–water partition coefficient (Wildman–Crippen LogP) is 3.40. The maximum atomic E-state index is 5.80. The molecular formula is C10H9ClN2S. The molecule has 0 radical (unpaired) electrons. The third kappa shape index (κ3) is 1.74. The molecule has 0 aliphatic heterocycles. The maximum Gasteiger partial charge on any atom is 0.122 e. The fourth-order valence-corrected chi connectivity index (χ4v) is 1.56. The second-order valence-electron chi connectivity index (χ2n) is 3.07. The van der Waals surface area contributed by atoms with Gasteiger partial charge in [0.25, 0.3) is 0 Å². The maximum absolute atomic E-state index is 5.80. The average Bonchev–Trinajstić information content (AvgIpc) is 2.48. The van der Waals surface area contributed by atoms with E-state index in [2.05, 4.69) is 5.10 Å². The van der Waals surface area contributed by atoms with Crippen molar-refractivity contribution >= 4 is 23.8 Å². The Kier molecular flexibility index (Phi) is 2.44. The summed E-state index contributed by atoms with van der Waals surface area (Å²) in [7, 11) is 1.89. The lowest BCUT2D eigenvalue weighted by molar-refractivity contribution is 0.760. The third-order valence-corrected chi connectivity index (χ3v) is 2.69. The highest BCUT2D eigenvalue weighted by Crippen LogP contribution is 2.19. The minimum atomic E-state index is 0.739. The van der Waals surface area contributed by atoms with Gasteiger partial charge in [0.05, 0.1) is 5.69 Å². The van der Waals surface area contributed by atoms with Crippen LogP contribution >= 0.6 is 23.8 Å². The van der Waals surface area contributed by atoms with E-state index in [4.69, 9.17) is 23.8 Å². The first-order valence-electron chi connectivity index (χ1n) is 4.19. The molecule has 2 rings (SSSR count). The second kappa shape index (κ2) is 3.59. The highest BCUT2D eigenvalue weighted by molar-refractivity contribution is 7.71. The number of hydrogen-bond acceptors (Lipinski definition) is 1. The molecule has 1 N–H and O–H groups in total. The fourth-order valence-electron chi connectivity index (χ4n) is 1.27. The van der Waals surface area contributed by atoms with Crippen LogP contribution in [0.1, 0.15) is 0 Å². The molecular weight excluding hydrogens is 216 g/mol. The number of benzene rings is 1. The molecule has 0 amide bonds. The highest BCUT2D eigenvalue weighted by Gasteiger charge is 2.00. The highest BCUT2D eigenvalue weighted by atomic mass is 35.5. The number of aryl methyl sites for hydroxylation is 1. The van der Waals surface area contributed by atoms with Crippen molar-refractivity contribution in [1.82, 2.24) is 9.78 Å². The molecule has 0 bridgehead atoms. The van der Waals surface area contributed by atoms with Crippen LogP contribution in [0.15, 0.2) is 30.3 Å². The number of nitrogens with one attached hydrogen (secondary N) is 1. The largest absolute Gasteiger partial charge is 0.297 e. The lowest BCUT2D eigenvalue weighted by Gasteiger charge is -1.97. The van der Waals surface area contributed by atoms with E-state index in [0.29, 0.717) is 0 Å². The van der Waals surface area contributed by atoms with E-state index in [1.165, 1.54) is 0 Å². The molecule has 1 aromatic heterocycles. The third-order valence-electron chi connectivity index (χ3n) is 2.04. The quantitative estimate of drug-likeness (QED) is 0.737. The van der Waals surface area contributed by atoms with Gasteiger partial charge in [-0.2, -0.15) is 0 Å². The van der Waals surface area contributed by atoms with Crippen molar-refractivity contribution < 1.29 is 0 Å². The van der Waals surface area contributed by atoms with Crippen LogP contribution in [-0.2, 0) is 7.05 Å². The first kappa shape index (κ1) is 9.49. The van der Waals surface area contributed by atoms with Crippen molar-refractivity contribution in [3.63, 3.8) is 0 Å². The number of H-pyrrole nitrogens is 1. The Balaban J connectivity index is 2.49. The molecule has 0 saturated carbocycles. The van der Waals surface area contributed by atoms with Crippen molar-refractivity contribution in [2.75, 3.05) is 0 Å². The topological polar surface area (TPSA) is 20.7 Å². The molecule has 0 unspecified atom stereocenters. The van der Waals surface area contributed by atoms with Gasteiger partial charge in [-0.25, -0.2) is 0 Å². The predicted molar refractivity (Wildman–Crippen MR) is 61.0 cm³/mol. The molecule has 0 atom stereocenters. The van der Waals surface area contributed by atoms with Gasteiger partial charge in [0.1, 0.15) is 4.64 Å². The Morgan fingerprint density at radius 1 is 1.29 bits per heavy atom. The summed E-state index contributed by atoms with van der Waals surface area (Å²) >= 11 is 10.9. The Labute approximate surface area is 92.1 Å². The van der Waals surface area contributed by atoms with E-state index < -0.39 is 0 Å². The van der Waals surface area contributed by atoms with Crippen LogP contribution in [0.3, 0.4) is 0 Å². The first-order valence-corrected chi connectivity index (χ1v) is 4.97. The fraction of sp³-hybridized carbons (Fsp3) is 0.100. The smallest absolute Gasteiger partial charge is 0.122 e. The summed E-state index contributed by atoms with van der Waals surface area (Å²) < 4.78 is 2.59. The molecule has 2 nitrogen and oxygen atoms in total. The van der Waals surface area contributed by atoms with Gasteiger partial charge in [-0.15, -0.1) is 0 Å². The summed E-state index contributed by atoms with van der Waals surface area (Å²) in [6, 6.07) is 9.58. The molecule has 4 heteroatoms.